The molecule has 0 saturated carbocycles. The molecule has 0 amide bonds. The quantitative estimate of drug-likeness (QED) is 0.0640. The monoisotopic (exact) mass is 634 g/mol. The zero-order valence-corrected chi connectivity index (χ0v) is 25.6. The molecule has 3 aromatic rings. The van der Waals surface area contributed by atoms with Gasteiger partial charge in [0.25, 0.3) is 0 Å². The molecular weight excluding hydrogens is 595 g/mol. The first-order valence-corrected chi connectivity index (χ1v) is 15.4. The molecule has 3 aromatic carbocycles. The largest absolute Gasteiger partial charge is 0.490 e. The van der Waals surface area contributed by atoms with Crippen LogP contribution < -0.4 is 9.47 Å². The van der Waals surface area contributed by atoms with E-state index in [0.29, 0.717) is 18.6 Å². The van der Waals surface area contributed by atoms with Crippen LogP contribution in [0.2, 0.25) is 0 Å². The number of unbranched alkanes of at least 4 members (excludes halogenated alkanes) is 7. The fraction of sp³-hybridized carbons (Fsp3) is 0.429. The molecule has 0 heterocycles. The molecule has 5 nitrogen and oxygen atoms in total. The SMILES string of the molecule is CCCCCCCOc1ccc(-c2ccc(C(=O)Oc3ccc(C(=O)O[C@H](CCCCCC)C(F)(F)F)cc3)cc2)c(F)c1F. The Balaban J connectivity index is 1.57. The second-order valence-corrected chi connectivity index (χ2v) is 10.8. The van der Waals surface area contributed by atoms with Gasteiger partial charge in [-0.25, -0.2) is 14.0 Å². The molecule has 0 spiro atoms. The number of rotatable bonds is 17. The van der Waals surface area contributed by atoms with Gasteiger partial charge in [0.15, 0.2) is 17.7 Å². The van der Waals surface area contributed by atoms with Gasteiger partial charge in [-0.3, -0.25) is 0 Å². The summed E-state index contributed by atoms with van der Waals surface area (Å²) in [5.41, 5.74) is 0.320. The third kappa shape index (κ3) is 10.9. The molecule has 0 fully saturated rings. The molecule has 0 saturated heterocycles. The summed E-state index contributed by atoms with van der Waals surface area (Å²) in [7, 11) is 0. The third-order valence-corrected chi connectivity index (χ3v) is 7.22. The lowest BCUT2D eigenvalue weighted by Crippen LogP contribution is -2.33. The van der Waals surface area contributed by atoms with Gasteiger partial charge in [0.05, 0.1) is 17.7 Å². The van der Waals surface area contributed by atoms with E-state index in [-0.39, 0.29) is 41.0 Å². The Labute approximate surface area is 260 Å². The summed E-state index contributed by atoms with van der Waals surface area (Å²) < 4.78 is 85.0. The fourth-order valence-electron chi connectivity index (χ4n) is 4.61. The molecule has 1 atom stereocenters. The molecule has 0 aromatic heterocycles. The van der Waals surface area contributed by atoms with Gasteiger partial charge in [-0.2, -0.15) is 17.6 Å². The second kappa shape index (κ2) is 17.5. The Morgan fingerprint density at radius 2 is 1.27 bits per heavy atom. The molecule has 0 N–H and O–H groups in total. The Bertz CT molecular complexity index is 1370. The lowest BCUT2D eigenvalue weighted by molar-refractivity contribution is -0.206. The van der Waals surface area contributed by atoms with Crippen molar-refractivity contribution in [2.24, 2.45) is 0 Å². The first-order chi connectivity index (χ1) is 21.5. The maximum atomic E-state index is 14.8. The van der Waals surface area contributed by atoms with Gasteiger partial charge in [0, 0.05) is 5.56 Å². The van der Waals surface area contributed by atoms with Crippen LogP contribution in [-0.4, -0.2) is 30.8 Å². The highest BCUT2D eigenvalue weighted by molar-refractivity contribution is 5.92. The van der Waals surface area contributed by atoms with Crippen molar-refractivity contribution in [3.05, 3.63) is 83.4 Å². The van der Waals surface area contributed by atoms with Gasteiger partial charge in [-0.1, -0.05) is 70.9 Å². The van der Waals surface area contributed by atoms with Crippen molar-refractivity contribution in [3.8, 4) is 22.6 Å². The maximum Gasteiger partial charge on any atom is 0.425 e. The lowest BCUT2D eigenvalue weighted by Gasteiger charge is -2.20. The van der Waals surface area contributed by atoms with Crippen LogP contribution in [0.3, 0.4) is 0 Å². The number of benzene rings is 3. The van der Waals surface area contributed by atoms with Crippen molar-refractivity contribution >= 4 is 11.9 Å². The summed E-state index contributed by atoms with van der Waals surface area (Å²) >= 11 is 0. The van der Waals surface area contributed by atoms with E-state index in [9.17, 15) is 31.5 Å². The molecule has 10 heteroatoms. The van der Waals surface area contributed by atoms with E-state index < -0.39 is 35.9 Å². The summed E-state index contributed by atoms with van der Waals surface area (Å²) in [6, 6.07) is 13.4. The minimum absolute atomic E-state index is 0.00101. The minimum Gasteiger partial charge on any atom is -0.490 e. The van der Waals surface area contributed by atoms with E-state index in [1.54, 1.807) is 0 Å². The fourth-order valence-corrected chi connectivity index (χ4v) is 4.61. The highest BCUT2D eigenvalue weighted by Crippen LogP contribution is 2.31. The van der Waals surface area contributed by atoms with Gasteiger partial charge in [0.2, 0.25) is 5.82 Å². The molecule has 0 aliphatic rings. The van der Waals surface area contributed by atoms with Crippen molar-refractivity contribution in [2.45, 2.75) is 90.3 Å². The third-order valence-electron chi connectivity index (χ3n) is 7.22. The number of hydrogen-bond acceptors (Lipinski definition) is 5. The topological polar surface area (TPSA) is 61.8 Å². The van der Waals surface area contributed by atoms with E-state index in [0.717, 1.165) is 44.9 Å². The van der Waals surface area contributed by atoms with E-state index in [2.05, 4.69) is 6.92 Å². The Hall–Kier alpha value is -3.95. The van der Waals surface area contributed by atoms with Crippen LogP contribution in [0.15, 0.2) is 60.7 Å². The summed E-state index contributed by atoms with van der Waals surface area (Å²) in [4.78, 5) is 25.0. The summed E-state index contributed by atoms with van der Waals surface area (Å²) in [5.74, 6) is -4.17. The van der Waals surface area contributed by atoms with Crippen molar-refractivity contribution in [2.75, 3.05) is 6.61 Å². The maximum absolute atomic E-state index is 14.8. The highest BCUT2D eigenvalue weighted by Gasteiger charge is 2.42. The van der Waals surface area contributed by atoms with Gasteiger partial charge in [-0.05, 0) is 73.4 Å². The van der Waals surface area contributed by atoms with Crippen molar-refractivity contribution in [1.82, 2.24) is 0 Å². The van der Waals surface area contributed by atoms with E-state index in [1.165, 1.54) is 60.7 Å². The molecule has 0 bridgehead atoms. The molecule has 45 heavy (non-hydrogen) atoms. The first-order valence-electron chi connectivity index (χ1n) is 15.4. The summed E-state index contributed by atoms with van der Waals surface area (Å²) in [6.07, 6.45) is 0.352. The molecule has 244 valence electrons. The normalized spacial score (nSPS) is 12.1. The number of ether oxygens (including phenoxy) is 3. The van der Waals surface area contributed by atoms with Crippen LogP contribution >= 0.6 is 0 Å². The highest BCUT2D eigenvalue weighted by atomic mass is 19.4. The Morgan fingerprint density at radius 1 is 0.689 bits per heavy atom. The zero-order valence-electron chi connectivity index (χ0n) is 25.6. The lowest BCUT2D eigenvalue weighted by atomic mass is 10.0. The number of alkyl halides is 3. The van der Waals surface area contributed by atoms with Crippen LogP contribution in [0.1, 0.15) is 98.8 Å². The number of carbonyl (C=O) groups excluding carboxylic acids is 2. The Kier molecular flexibility index (Phi) is 13.8. The minimum atomic E-state index is -4.68. The summed E-state index contributed by atoms with van der Waals surface area (Å²) in [6.45, 7) is 4.34. The van der Waals surface area contributed by atoms with E-state index >= 15 is 0 Å². The summed E-state index contributed by atoms with van der Waals surface area (Å²) in [5, 5.41) is 0. The zero-order chi connectivity index (χ0) is 32.8. The molecule has 0 aliphatic carbocycles. The van der Waals surface area contributed by atoms with Crippen LogP contribution in [0.25, 0.3) is 11.1 Å². The standard InChI is InChI=1S/C35H39F5O5/c1-3-5-7-9-11-23-43-29-22-21-28(31(36)32(29)37)24-13-15-25(16-14-24)33(41)44-27-19-17-26(18-20-27)34(42)45-30(35(38,39)40)12-10-8-6-4-2/h13-22,30H,3-12,23H2,1-2H3/t30-/m1/s1. The van der Waals surface area contributed by atoms with Gasteiger partial charge in [0.1, 0.15) is 5.75 Å². The van der Waals surface area contributed by atoms with Crippen LogP contribution in [0.5, 0.6) is 11.5 Å². The molecule has 0 radical (unpaired) electrons. The van der Waals surface area contributed by atoms with Crippen LogP contribution in [0, 0.1) is 11.6 Å². The molecular formula is C35H39F5O5. The van der Waals surface area contributed by atoms with Crippen molar-refractivity contribution in [1.29, 1.82) is 0 Å². The van der Waals surface area contributed by atoms with Crippen molar-refractivity contribution < 1.29 is 45.8 Å². The number of esters is 2. The van der Waals surface area contributed by atoms with Gasteiger partial charge >= 0.3 is 18.1 Å². The predicted molar refractivity (Wildman–Crippen MR) is 161 cm³/mol. The Morgan fingerprint density at radius 3 is 1.89 bits per heavy atom. The predicted octanol–water partition coefficient (Wildman–Crippen LogP) is 10.3. The van der Waals surface area contributed by atoms with Gasteiger partial charge in [-0.15, -0.1) is 0 Å². The van der Waals surface area contributed by atoms with E-state index in [1.807, 2.05) is 6.92 Å². The number of carbonyl (C=O) groups is 2. The smallest absolute Gasteiger partial charge is 0.425 e. The number of hydrogen-bond donors (Lipinski definition) is 0. The van der Waals surface area contributed by atoms with E-state index in [4.69, 9.17) is 14.2 Å². The second-order valence-electron chi connectivity index (χ2n) is 10.8. The molecule has 0 aliphatic heterocycles. The van der Waals surface area contributed by atoms with Crippen LogP contribution in [0.4, 0.5) is 22.0 Å². The molecule has 3 rings (SSSR count). The average molecular weight is 635 g/mol. The van der Waals surface area contributed by atoms with Gasteiger partial charge < -0.3 is 14.2 Å². The molecule has 0 unspecified atom stereocenters. The van der Waals surface area contributed by atoms with Crippen LogP contribution in [-0.2, 0) is 4.74 Å². The van der Waals surface area contributed by atoms with Crippen molar-refractivity contribution in [3.63, 3.8) is 0 Å². The first kappa shape index (κ1) is 35.5. The average Bonchev–Trinajstić information content (AvgIpc) is 3.02. The number of halogens is 5.